The van der Waals surface area contributed by atoms with Gasteiger partial charge in [0.2, 0.25) is 8.32 Å². The quantitative estimate of drug-likeness (QED) is 0.171. The molecule has 0 heterocycles. The fourth-order valence-electron chi connectivity index (χ4n) is 4.33. The van der Waals surface area contributed by atoms with Crippen LogP contribution in [0.2, 0.25) is 19.6 Å². The Balaban J connectivity index is 2.02. The second-order valence-electron chi connectivity index (χ2n) is 9.64. The van der Waals surface area contributed by atoms with Gasteiger partial charge in [-0.1, -0.05) is 42.5 Å². The van der Waals surface area contributed by atoms with Gasteiger partial charge < -0.3 is 23.4 Å². The van der Waals surface area contributed by atoms with Gasteiger partial charge >= 0.3 is 0 Å². The molecule has 0 spiro atoms. The molecule has 5 nitrogen and oxygen atoms in total. The Morgan fingerprint density at radius 2 is 1.00 bits per heavy atom. The van der Waals surface area contributed by atoms with E-state index < -0.39 is 16.2 Å². The smallest absolute Gasteiger partial charge is 0.242 e. The highest BCUT2D eigenvalue weighted by molar-refractivity contribution is 7.80. The van der Waals surface area contributed by atoms with E-state index in [0.717, 1.165) is 50.5 Å². The van der Waals surface area contributed by atoms with E-state index in [0.29, 0.717) is 0 Å². The average Bonchev–Trinajstić information content (AvgIpc) is 2.93. The summed E-state index contributed by atoms with van der Waals surface area (Å²) in [6.07, 6.45) is 0. The van der Waals surface area contributed by atoms with E-state index >= 15 is 0 Å². The van der Waals surface area contributed by atoms with Crippen LogP contribution in [-0.4, -0.2) is 36.8 Å². The Labute approximate surface area is 228 Å². The maximum Gasteiger partial charge on any atom is 0.242 e. The highest BCUT2D eigenvalue weighted by Crippen LogP contribution is 2.45. The summed E-state index contributed by atoms with van der Waals surface area (Å²) < 4.78 is 29.4. The zero-order chi connectivity index (χ0) is 27.3. The van der Waals surface area contributed by atoms with Gasteiger partial charge in [-0.25, -0.2) is 0 Å². The van der Waals surface area contributed by atoms with Crippen molar-refractivity contribution in [2.45, 2.75) is 19.6 Å². The zero-order valence-corrected chi connectivity index (χ0v) is 25.0. The third kappa shape index (κ3) is 5.98. The topological polar surface area (TPSA) is 46.2 Å². The molecule has 0 N–H and O–H groups in total. The van der Waals surface area contributed by atoms with Crippen LogP contribution in [0.3, 0.4) is 0 Å². The Kier molecular flexibility index (Phi) is 8.65. The standard InChI is InChI=1S/C31H35O5PSi/c1-32-22-16-18-30(27(20-22)34-3)37(31-19-17-23(33-2)21-28(31)35-4)29-15-11-9-13-25(29)24-12-8-10-14-26(24)36-38(5,6)7/h8-21H,1-7H3. The summed E-state index contributed by atoms with van der Waals surface area (Å²) in [7, 11) is 3.73. The molecule has 7 heteroatoms. The lowest BCUT2D eigenvalue weighted by Crippen LogP contribution is -2.29. The predicted octanol–water partition coefficient (Wildman–Crippen LogP) is 6.36. The molecule has 0 aliphatic heterocycles. The van der Waals surface area contributed by atoms with Gasteiger partial charge in [-0.15, -0.1) is 0 Å². The van der Waals surface area contributed by atoms with Crippen molar-refractivity contribution in [2.24, 2.45) is 0 Å². The summed E-state index contributed by atoms with van der Waals surface area (Å²) >= 11 is 0. The molecule has 0 radical (unpaired) electrons. The van der Waals surface area contributed by atoms with Gasteiger partial charge in [0, 0.05) is 28.3 Å². The lowest BCUT2D eigenvalue weighted by atomic mass is 10.0. The summed E-state index contributed by atoms with van der Waals surface area (Å²) in [5, 5.41) is 3.28. The van der Waals surface area contributed by atoms with Crippen LogP contribution in [-0.2, 0) is 0 Å². The molecule has 0 saturated heterocycles. The van der Waals surface area contributed by atoms with E-state index in [1.807, 2.05) is 30.3 Å². The maximum atomic E-state index is 6.55. The number of rotatable bonds is 10. The Hall–Kier alpha value is -3.47. The van der Waals surface area contributed by atoms with Crippen molar-refractivity contribution >= 4 is 32.2 Å². The molecule has 0 aliphatic rings. The van der Waals surface area contributed by atoms with Gasteiger partial charge in [-0.05, 0) is 68.8 Å². The second-order valence-corrected chi connectivity index (χ2v) is 16.2. The van der Waals surface area contributed by atoms with Crippen molar-refractivity contribution in [1.29, 1.82) is 0 Å². The van der Waals surface area contributed by atoms with Crippen LogP contribution in [0.4, 0.5) is 0 Å². The van der Waals surface area contributed by atoms with Crippen molar-refractivity contribution in [3.05, 3.63) is 84.9 Å². The molecule has 0 saturated carbocycles. The van der Waals surface area contributed by atoms with Crippen LogP contribution >= 0.6 is 7.92 Å². The molecular weight excluding hydrogens is 511 g/mol. The van der Waals surface area contributed by atoms with Crippen molar-refractivity contribution in [3.8, 4) is 39.9 Å². The zero-order valence-electron chi connectivity index (χ0n) is 23.1. The maximum absolute atomic E-state index is 6.55. The van der Waals surface area contributed by atoms with Crippen LogP contribution in [0, 0.1) is 0 Å². The molecule has 198 valence electrons. The van der Waals surface area contributed by atoms with Crippen LogP contribution in [0.25, 0.3) is 11.1 Å². The first-order chi connectivity index (χ1) is 18.3. The van der Waals surface area contributed by atoms with E-state index in [4.69, 9.17) is 23.4 Å². The van der Waals surface area contributed by atoms with E-state index in [-0.39, 0.29) is 0 Å². The molecule has 0 unspecified atom stereocenters. The van der Waals surface area contributed by atoms with Gasteiger partial charge in [0.25, 0.3) is 0 Å². The minimum Gasteiger partial charge on any atom is -0.544 e. The number of methoxy groups -OCH3 is 4. The Morgan fingerprint density at radius 3 is 1.50 bits per heavy atom. The van der Waals surface area contributed by atoms with E-state index in [1.54, 1.807) is 28.4 Å². The summed E-state index contributed by atoms with van der Waals surface area (Å²) in [6, 6.07) is 28.8. The first-order valence-corrected chi connectivity index (χ1v) is 17.2. The SMILES string of the molecule is COc1ccc(P(c2ccc(OC)cc2OC)c2ccccc2-c2ccccc2O[Si](C)(C)C)c(OC)c1. The highest BCUT2D eigenvalue weighted by atomic mass is 31.1. The average molecular weight is 547 g/mol. The van der Waals surface area contributed by atoms with Gasteiger partial charge in [-0.3, -0.25) is 0 Å². The number of hydrogen-bond donors (Lipinski definition) is 0. The minimum absolute atomic E-state index is 0.740. The fraction of sp³-hybridized carbons (Fsp3) is 0.226. The molecule has 0 bridgehead atoms. The molecular formula is C31H35O5PSi. The van der Waals surface area contributed by atoms with Gasteiger partial charge in [-0.2, -0.15) is 0 Å². The molecule has 0 aromatic heterocycles. The first-order valence-electron chi connectivity index (χ1n) is 12.4. The molecule has 38 heavy (non-hydrogen) atoms. The number of benzene rings is 4. The van der Waals surface area contributed by atoms with Gasteiger partial charge in [0.05, 0.1) is 28.4 Å². The van der Waals surface area contributed by atoms with Crippen molar-refractivity contribution in [2.75, 3.05) is 28.4 Å². The van der Waals surface area contributed by atoms with E-state index in [9.17, 15) is 0 Å². The normalized spacial score (nSPS) is 11.3. The minimum atomic E-state index is -1.85. The van der Waals surface area contributed by atoms with Crippen LogP contribution in [0.1, 0.15) is 0 Å². The lowest BCUT2D eigenvalue weighted by molar-refractivity contribution is 0.396. The summed E-state index contributed by atoms with van der Waals surface area (Å²) in [5.74, 6) is 3.90. The lowest BCUT2D eigenvalue weighted by Gasteiger charge is -2.27. The third-order valence-corrected chi connectivity index (χ3v) is 9.40. The van der Waals surface area contributed by atoms with E-state index in [1.165, 1.54) is 5.30 Å². The molecule has 4 aromatic carbocycles. The highest BCUT2D eigenvalue weighted by Gasteiger charge is 2.28. The first kappa shape index (κ1) is 27.6. The number of ether oxygens (including phenoxy) is 4. The molecule has 4 rings (SSSR count). The largest absolute Gasteiger partial charge is 0.544 e. The van der Waals surface area contributed by atoms with Crippen LogP contribution in [0.5, 0.6) is 28.7 Å². The molecule has 0 atom stereocenters. The van der Waals surface area contributed by atoms with Gasteiger partial charge in [0.15, 0.2) is 0 Å². The number of hydrogen-bond acceptors (Lipinski definition) is 5. The van der Waals surface area contributed by atoms with Gasteiger partial charge in [0.1, 0.15) is 28.7 Å². The fourth-order valence-corrected chi connectivity index (χ4v) is 7.82. The Morgan fingerprint density at radius 1 is 0.500 bits per heavy atom. The predicted molar refractivity (Wildman–Crippen MR) is 161 cm³/mol. The number of para-hydroxylation sites is 1. The second kappa shape index (κ2) is 11.9. The monoisotopic (exact) mass is 546 g/mol. The van der Waals surface area contributed by atoms with E-state index in [2.05, 4.69) is 74.2 Å². The van der Waals surface area contributed by atoms with Crippen LogP contribution in [0.15, 0.2) is 84.9 Å². The molecule has 4 aromatic rings. The molecule has 0 fully saturated rings. The molecule has 0 aliphatic carbocycles. The van der Waals surface area contributed by atoms with Crippen molar-refractivity contribution in [3.63, 3.8) is 0 Å². The summed E-state index contributed by atoms with van der Waals surface area (Å²) in [5.41, 5.74) is 2.18. The van der Waals surface area contributed by atoms with Crippen LogP contribution < -0.4 is 39.3 Å². The van der Waals surface area contributed by atoms with Crippen molar-refractivity contribution in [1.82, 2.24) is 0 Å². The summed E-state index contributed by atoms with van der Waals surface area (Å²) in [4.78, 5) is 0. The third-order valence-electron chi connectivity index (χ3n) is 5.99. The molecule has 0 amide bonds. The summed E-state index contributed by atoms with van der Waals surface area (Å²) in [6.45, 7) is 6.60. The van der Waals surface area contributed by atoms with Crippen molar-refractivity contribution < 1.29 is 23.4 Å². The Bertz CT molecular complexity index is 1340.